The molecule has 1 aliphatic rings. The molecule has 0 saturated carbocycles. The Labute approximate surface area is 191 Å². The average molecular weight is 452 g/mol. The molecule has 1 N–H and O–H groups in total. The molecule has 1 fully saturated rings. The van der Waals surface area contributed by atoms with Gasteiger partial charge in [0, 0.05) is 37.0 Å². The van der Waals surface area contributed by atoms with Crippen molar-refractivity contribution in [2.45, 2.75) is 12.1 Å². The second kappa shape index (κ2) is 9.97. The summed E-state index contributed by atoms with van der Waals surface area (Å²) >= 11 is 1.37. The summed E-state index contributed by atoms with van der Waals surface area (Å²) in [5.41, 5.74) is 3.06. The van der Waals surface area contributed by atoms with Crippen LogP contribution in [0.4, 0.5) is 5.69 Å². The van der Waals surface area contributed by atoms with E-state index < -0.39 is 0 Å². The minimum atomic E-state index is -0.156. The summed E-state index contributed by atoms with van der Waals surface area (Å²) in [5, 5.41) is 12.2. The minimum absolute atomic E-state index is 0.0729. The van der Waals surface area contributed by atoms with Crippen molar-refractivity contribution in [1.82, 2.24) is 19.7 Å². The van der Waals surface area contributed by atoms with Crippen LogP contribution in [0.2, 0.25) is 0 Å². The zero-order chi connectivity index (χ0) is 22.5. The van der Waals surface area contributed by atoms with Gasteiger partial charge in [-0.3, -0.25) is 9.59 Å². The summed E-state index contributed by atoms with van der Waals surface area (Å²) < 4.78 is 7.16. The number of nitrogens with zero attached hydrogens (tertiary/aromatic N) is 4. The third kappa shape index (κ3) is 5.00. The number of rotatable bonds is 6. The molecule has 3 aromatic rings. The molecule has 0 spiro atoms. The number of carbonyl (C=O) groups is 2. The quantitative estimate of drug-likeness (QED) is 0.580. The van der Waals surface area contributed by atoms with Gasteiger partial charge in [-0.05, 0) is 30.7 Å². The van der Waals surface area contributed by atoms with E-state index in [1.165, 1.54) is 11.8 Å². The molecule has 0 radical (unpaired) electrons. The van der Waals surface area contributed by atoms with Crippen molar-refractivity contribution >= 4 is 29.3 Å². The SMILES string of the molecule is Cc1ccccc1C(=O)Nc1cccc(-c2nnc(SCC(=O)N3CCOCC3)n2C)c1. The number of anilines is 1. The highest BCUT2D eigenvalue weighted by atomic mass is 32.2. The third-order valence-corrected chi connectivity index (χ3v) is 6.30. The van der Waals surface area contributed by atoms with Crippen LogP contribution < -0.4 is 5.32 Å². The number of nitrogens with one attached hydrogen (secondary N) is 1. The number of hydrogen-bond donors (Lipinski definition) is 1. The second-order valence-electron chi connectivity index (χ2n) is 7.50. The molecular weight excluding hydrogens is 426 g/mol. The van der Waals surface area contributed by atoms with Crippen LogP contribution >= 0.6 is 11.8 Å². The molecule has 9 heteroatoms. The zero-order valence-corrected chi connectivity index (χ0v) is 18.9. The number of benzene rings is 2. The van der Waals surface area contributed by atoms with Gasteiger partial charge >= 0.3 is 0 Å². The van der Waals surface area contributed by atoms with E-state index in [1.807, 2.05) is 65.9 Å². The number of aromatic nitrogens is 3. The number of amides is 2. The summed E-state index contributed by atoms with van der Waals surface area (Å²) in [6.07, 6.45) is 0. The lowest BCUT2D eigenvalue weighted by atomic mass is 10.1. The largest absolute Gasteiger partial charge is 0.378 e. The van der Waals surface area contributed by atoms with Crippen LogP contribution in [0.25, 0.3) is 11.4 Å². The Morgan fingerprint density at radius 2 is 1.88 bits per heavy atom. The van der Waals surface area contributed by atoms with Crippen molar-refractivity contribution in [2.24, 2.45) is 7.05 Å². The van der Waals surface area contributed by atoms with Gasteiger partial charge in [-0.1, -0.05) is 42.1 Å². The maximum Gasteiger partial charge on any atom is 0.255 e. The topological polar surface area (TPSA) is 89.3 Å². The molecule has 2 heterocycles. The van der Waals surface area contributed by atoms with Crippen LogP contribution in [-0.4, -0.2) is 63.5 Å². The normalized spacial score (nSPS) is 13.8. The number of aryl methyl sites for hydroxylation is 1. The maximum atomic E-state index is 12.6. The predicted octanol–water partition coefficient (Wildman–Crippen LogP) is 2.99. The lowest BCUT2D eigenvalue weighted by molar-refractivity contribution is -0.132. The Hall–Kier alpha value is -3.17. The zero-order valence-electron chi connectivity index (χ0n) is 18.1. The summed E-state index contributed by atoms with van der Waals surface area (Å²) in [4.78, 5) is 26.9. The fourth-order valence-electron chi connectivity index (χ4n) is 3.48. The molecule has 2 amide bonds. The number of ether oxygens (including phenoxy) is 1. The van der Waals surface area contributed by atoms with Crippen molar-refractivity contribution < 1.29 is 14.3 Å². The van der Waals surface area contributed by atoms with Crippen LogP contribution in [-0.2, 0) is 16.6 Å². The van der Waals surface area contributed by atoms with Crippen molar-refractivity contribution in [3.63, 3.8) is 0 Å². The van der Waals surface area contributed by atoms with Crippen molar-refractivity contribution in [2.75, 3.05) is 37.4 Å². The van der Waals surface area contributed by atoms with Crippen LogP contribution in [0.5, 0.6) is 0 Å². The van der Waals surface area contributed by atoms with Crippen LogP contribution in [0, 0.1) is 6.92 Å². The highest BCUT2D eigenvalue weighted by molar-refractivity contribution is 7.99. The summed E-state index contributed by atoms with van der Waals surface area (Å²) in [7, 11) is 1.87. The molecular formula is C23H25N5O3S. The van der Waals surface area contributed by atoms with Gasteiger partial charge in [-0.15, -0.1) is 10.2 Å². The van der Waals surface area contributed by atoms with Gasteiger partial charge in [0.1, 0.15) is 0 Å². The number of carbonyl (C=O) groups excluding carboxylic acids is 2. The molecule has 2 aromatic carbocycles. The Kier molecular flexibility index (Phi) is 6.87. The third-order valence-electron chi connectivity index (χ3n) is 5.29. The lowest BCUT2D eigenvalue weighted by Crippen LogP contribution is -2.41. The first kappa shape index (κ1) is 22.0. The summed E-state index contributed by atoms with van der Waals surface area (Å²) in [5.74, 6) is 0.886. The summed E-state index contributed by atoms with van der Waals surface area (Å²) in [6.45, 7) is 4.34. The first-order valence-electron chi connectivity index (χ1n) is 10.4. The second-order valence-corrected chi connectivity index (χ2v) is 8.44. The van der Waals surface area contributed by atoms with E-state index >= 15 is 0 Å². The molecule has 1 aliphatic heterocycles. The molecule has 0 bridgehead atoms. The molecule has 0 unspecified atom stereocenters. The lowest BCUT2D eigenvalue weighted by Gasteiger charge is -2.26. The standard InChI is InChI=1S/C23H25N5O3S/c1-16-6-3-4-9-19(16)22(30)24-18-8-5-7-17(14-18)21-25-26-23(27(21)2)32-15-20(29)28-10-12-31-13-11-28/h3-9,14H,10-13,15H2,1-2H3,(H,24,30). The Morgan fingerprint density at radius 1 is 1.09 bits per heavy atom. The van der Waals surface area contributed by atoms with Crippen LogP contribution in [0.15, 0.2) is 53.7 Å². The number of hydrogen-bond acceptors (Lipinski definition) is 6. The maximum absolute atomic E-state index is 12.6. The molecule has 166 valence electrons. The van der Waals surface area contributed by atoms with Gasteiger partial charge in [0.2, 0.25) is 5.91 Å². The fourth-order valence-corrected chi connectivity index (χ4v) is 4.30. The first-order valence-corrected chi connectivity index (χ1v) is 11.4. The van der Waals surface area contributed by atoms with E-state index in [-0.39, 0.29) is 11.8 Å². The Balaban J connectivity index is 1.44. The molecule has 0 atom stereocenters. The Morgan fingerprint density at radius 3 is 2.66 bits per heavy atom. The van der Waals surface area contributed by atoms with E-state index in [1.54, 1.807) is 6.07 Å². The first-order chi connectivity index (χ1) is 15.5. The molecule has 1 aromatic heterocycles. The van der Waals surface area contributed by atoms with E-state index in [9.17, 15) is 9.59 Å². The van der Waals surface area contributed by atoms with E-state index in [2.05, 4.69) is 15.5 Å². The van der Waals surface area contributed by atoms with Gasteiger partial charge in [0.15, 0.2) is 11.0 Å². The highest BCUT2D eigenvalue weighted by Gasteiger charge is 2.19. The van der Waals surface area contributed by atoms with Crippen LogP contribution in [0.1, 0.15) is 15.9 Å². The van der Waals surface area contributed by atoms with Gasteiger partial charge in [0.05, 0.1) is 19.0 Å². The van der Waals surface area contributed by atoms with Gasteiger partial charge in [0.25, 0.3) is 5.91 Å². The molecule has 0 aliphatic carbocycles. The monoisotopic (exact) mass is 451 g/mol. The molecule has 1 saturated heterocycles. The smallest absolute Gasteiger partial charge is 0.255 e. The molecule has 32 heavy (non-hydrogen) atoms. The van der Waals surface area contributed by atoms with Crippen molar-refractivity contribution in [3.8, 4) is 11.4 Å². The van der Waals surface area contributed by atoms with E-state index in [4.69, 9.17) is 4.74 Å². The number of thioether (sulfide) groups is 1. The van der Waals surface area contributed by atoms with Crippen LogP contribution in [0.3, 0.4) is 0 Å². The minimum Gasteiger partial charge on any atom is -0.378 e. The average Bonchev–Trinajstić information content (AvgIpc) is 3.18. The summed E-state index contributed by atoms with van der Waals surface area (Å²) in [6, 6.07) is 15.0. The van der Waals surface area contributed by atoms with Gasteiger partial charge in [-0.2, -0.15) is 0 Å². The van der Waals surface area contributed by atoms with Crippen molar-refractivity contribution in [1.29, 1.82) is 0 Å². The van der Waals surface area contributed by atoms with E-state index in [0.717, 1.165) is 11.1 Å². The van der Waals surface area contributed by atoms with E-state index in [0.29, 0.717) is 54.3 Å². The Bertz CT molecular complexity index is 1120. The van der Waals surface area contributed by atoms with Gasteiger partial charge < -0.3 is 19.5 Å². The van der Waals surface area contributed by atoms with Gasteiger partial charge in [-0.25, -0.2) is 0 Å². The highest BCUT2D eigenvalue weighted by Crippen LogP contribution is 2.25. The van der Waals surface area contributed by atoms with Crippen molar-refractivity contribution in [3.05, 3.63) is 59.7 Å². The fraction of sp³-hybridized carbons (Fsp3) is 0.304. The molecule has 8 nitrogen and oxygen atoms in total. The molecule has 4 rings (SSSR count). The number of morpholine rings is 1. The predicted molar refractivity (Wildman–Crippen MR) is 124 cm³/mol.